The number of halogens is 2. The van der Waals surface area contributed by atoms with Crippen molar-refractivity contribution >= 4 is 20.0 Å². The second-order valence-electron chi connectivity index (χ2n) is 6.91. The summed E-state index contributed by atoms with van der Waals surface area (Å²) in [5, 5.41) is 6.55. The molecule has 2 aromatic rings. The molecule has 0 bridgehead atoms. The molecule has 0 amide bonds. The fourth-order valence-electron chi connectivity index (χ4n) is 3.38. The molecule has 1 aliphatic heterocycles. The third-order valence-corrected chi connectivity index (χ3v) is 8.80. The summed E-state index contributed by atoms with van der Waals surface area (Å²) in [7, 11) is -7.79. The maximum atomic E-state index is 13.9. The molecule has 1 aliphatic rings. The predicted molar refractivity (Wildman–Crippen MR) is 102 cm³/mol. The van der Waals surface area contributed by atoms with Crippen LogP contribution in [0.1, 0.15) is 23.4 Å². The Bertz CT molecular complexity index is 1100. The molecule has 1 saturated heterocycles. The normalized spacial score (nSPS) is 17.4. The van der Waals surface area contributed by atoms with Crippen molar-refractivity contribution in [2.45, 2.75) is 30.9 Å². The molecule has 0 spiro atoms. The van der Waals surface area contributed by atoms with E-state index in [0.29, 0.717) is 11.4 Å². The molecule has 0 saturated carbocycles. The lowest BCUT2D eigenvalue weighted by Crippen LogP contribution is -2.38. The van der Waals surface area contributed by atoms with Gasteiger partial charge in [0.1, 0.15) is 16.5 Å². The van der Waals surface area contributed by atoms with Gasteiger partial charge in [0.15, 0.2) is 0 Å². The molecule has 1 N–H and O–H groups in total. The number of aromatic nitrogens is 2. The lowest BCUT2D eigenvalue weighted by atomic mass is 10.2. The molecule has 12 heteroatoms. The first-order valence-electron chi connectivity index (χ1n) is 8.96. The number of benzene rings is 1. The zero-order valence-corrected chi connectivity index (χ0v) is 17.7. The fraction of sp³-hybridized carbons (Fsp3) is 0.471. The molecule has 0 aliphatic carbocycles. The summed E-state index contributed by atoms with van der Waals surface area (Å²) >= 11 is 0. The van der Waals surface area contributed by atoms with Crippen LogP contribution in [0.15, 0.2) is 23.1 Å². The number of hydrogen-bond acceptors (Lipinski definition) is 5. The Morgan fingerprint density at radius 3 is 2.34 bits per heavy atom. The fourth-order valence-corrected chi connectivity index (χ4v) is 6.75. The lowest BCUT2D eigenvalue weighted by Gasteiger charge is -2.22. The van der Waals surface area contributed by atoms with Crippen LogP contribution in [0, 0.1) is 25.5 Å². The van der Waals surface area contributed by atoms with E-state index in [1.165, 1.54) is 4.31 Å². The highest BCUT2D eigenvalue weighted by Gasteiger charge is 2.33. The van der Waals surface area contributed by atoms with Crippen LogP contribution in [0.3, 0.4) is 0 Å². The molecule has 1 fully saturated rings. The number of rotatable bonds is 5. The van der Waals surface area contributed by atoms with Gasteiger partial charge in [-0.15, -0.1) is 0 Å². The number of hydrogen-bond donors (Lipinski definition) is 1. The number of sulfonamides is 2. The van der Waals surface area contributed by atoms with Crippen molar-refractivity contribution < 1.29 is 25.6 Å². The lowest BCUT2D eigenvalue weighted by molar-refractivity contribution is 0.403. The van der Waals surface area contributed by atoms with E-state index in [1.54, 1.807) is 13.8 Å². The molecule has 2 heterocycles. The Hall–Kier alpha value is -1.89. The molecule has 1 aromatic carbocycles. The Labute approximate surface area is 168 Å². The average Bonchev–Trinajstić information content (AvgIpc) is 2.84. The number of aryl methyl sites for hydroxylation is 2. The van der Waals surface area contributed by atoms with Crippen LogP contribution in [0.4, 0.5) is 8.78 Å². The smallest absolute Gasteiger partial charge is 0.246 e. The topological polar surface area (TPSA) is 103 Å². The third-order valence-electron chi connectivity index (χ3n) is 4.81. The highest BCUT2D eigenvalue weighted by molar-refractivity contribution is 7.89. The van der Waals surface area contributed by atoms with E-state index in [2.05, 4.69) is 10.2 Å². The van der Waals surface area contributed by atoms with E-state index in [0.717, 1.165) is 22.5 Å². The van der Waals surface area contributed by atoms with Crippen LogP contribution in [-0.2, 0) is 25.8 Å². The van der Waals surface area contributed by atoms with Crippen LogP contribution in [0.25, 0.3) is 0 Å². The second kappa shape index (κ2) is 8.09. The summed E-state index contributed by atoms with van der Waals surface area (Å²) < 4.78 is 81.0. The minimum Gasteiger partial charge on any atom is -0.281 e. The van der Waals surface area contributed by atoms with Crippen LogP contribution < -0.4 is 0 Å². The molecule has 0 unspecified atom stereocenters. The Morgan fingerprint density at radius 1 is 1.03 bits per heavy atom. The van der Waals surface area contributed by atoms with Gasteiger partial charge in [0, 0.05) is 31.7 Å². The van der Waals surface area contributed by atoms with E-state index in [-0.39, 0.29) is 43.1 Å². The highest BCUT2D eigenvalue weighted by Crippen LogP contribution is 2.24. The molecule has 8 nitrogen and oxygen atoms in total. The van der Waals surface area contributed by atoms with E-state index in [1.807, 2.05) is 0 Å². The van der Waals surface area contributed by atoms with Crippen LogP contribution in [0.5, 0.6) is 0 Å². The number of aromatic amines is 1. The SMILES string of the molecule is Cc1n[nH]c(C)c1S(=O)(=O)N1CCCN(S(=O)(=O)Cc2cc(F)ccc2F)CC1. The van der Waals surface area contributed by atoms with E-state index >= 15 is 0 Å². The molecular formula is C17H22F2N4O4S2. The van der Waals surface area contributed by atoms with E-state index < -0.39 is 37.4 Å². The van der Waals surface area contributed by atoms with Gasteiger partial charge in [-0.1, -0.05) is 0 Å². The van der Waals surface area contributed by atoms with Gasteiger partial charge in [-0.25, -0.2) is 29.9 Å². The third kappa shape index (κ3) is 4.49. The largest absolute Gasteiger partial charge is 0.281 e. The zero-order chi connectivity index (χ0) is 21.4. The molecule has 0 radical (unpaired) electrons. The molecule has 1 aromatic heterocycles. The maximum Gasteiger partial charge on any atom is 0.246 e. The Balaban J connectivity index is 1.78. The molecule has 0 atom stereocenters. The van der Waals surface area contributed by atoms with E-state index in [9.17, 15) is 25.6 Å². The first kappa shape index (κ1) is 21.8. The van der Waals surface area contributed by atoms with Gasteiger partial charge in [0.2, 0.25) is 20.0 Å². The van der Waals surface area contributed by atoms with Crippen molar-refractivity contribution in [1.82, 2.24) is 18.8 Å². The van der Waals surface area contributed by atoms with Crippen LogP contribution in [0.2, 0.25) is 0 Å². The van der Waals surface area contributed by atoms with Crippen molar-refractivity contribution in [3.63, 3.8) is 0 Å². The maximum absolute atomic E-state index is 13.9. The summed E-state index contributed by atoms with van der Waals surface area (Å²) in [6.45, 7) is 3.31. The van der Waals surface area contributed by atoms with Crippen LogP contribution >= 0.6 is 0 Å². The number of nitrogens with one attached hydrogen (secondary N) is 1. The standard InChI is InChI=1S/C17H22F2N4O4S2/c1-12-17(13(2)21-20-12)29(26,27)23-7-3-6-22(8-9-23)28(24,25)11-14-10-15(18)4-5-16(14)19/h4-5,10H,3,6-9,11H2,1-2H3,(H,20,21). The van der Waals surface area contributed by atoms with Crippen molar-refractivity contribution in [2.75, 3.05) is 26.2 Å². The Morgan fingerprint density at radius 2 is 1.69 bits per heavy atom. The molecule has 29 heavy (non-hydrogen) atoms. The van der Waals surface area contributed by atoms with Crippen molar-refractivity contribution in [1.29, 1.82) is 0 Å². The first-order valence-corrected chi connectivity index (χ1v) is 12.0. The summed E-state index contributed by atoms with van der Waals surface area (Å²) in [5.41, 5.74) is 0.499. The quantitative estimate of drug-likeness (QED) is 0.747. The van der Waals surface area contributed by atoms with Gasteiger partial charge >= 0.3 is 0 Å². The van der Waals surface area contributed by atoms with Gasteiger partial charge in [-0.05, 0) is 38.5 Å². The summed E-state index contributed by atoms with van der Waals surface area (Å²) in [6.07, 6.45) is 0.278. The van der Waals surface area contributed by atoms with E-state index in [4.69, 9.17) is 0 Å². The minimum atomic E-state index is -3.95. The van der Waals surface area contributed by atoms with Gasteiger partial charge in [-0.2, -0.15) is 9.40 Å². The Kier molecular flexibility index (Phi) is 6.08. The summed E-state index contributed by atoms with van der Waals surface area (Å²) in [6, 6.07) is 2.65. The van der Waals surface area contributed by atoms with Crippen molar-refractivity contribution in [2.24, 2.45) is 0 Å². The zero-order valence-electron chi connectivity index (χ0n) is 16.0. The van der Waals surface area contributed by atoms with Gasteiger partial charge in [0.25, 0.3) is 0 Å². The van der Waals surface area contributed by atoms with Gasteiger partial charge < -0.3 is 0 Å². The minimum absolute atomic E-state index is 0.0444. The predicted octanol–water partition coefficient (Wildman–Crippen LogP) is 1.53. The van der Waals surface area contributed by atoms with Crippen molar-refractivity contribution in [3.05, 3.63) is 46.8 Å². The second-order valence-corrected chi connectivity index (χ2v) is 10.8. The van der Waals surface area contributed by atoms with Gasteiger partial charge in [-0.3, -0.25) is 5.10 Å². The van der Waals surface area contributed by atoms with Crippen molar-refractivity contribution in [3.8, 4) is 0 Å². The average molecular weight is 449 g/mol. The molecular weight excluding hydrogens is 426 g/mol. The highest BCUT2D eigenvalue weighted by atomic mass is 32.2. The number of nitrogens with zero attached hydrogens (tertiary/aromatic N) is 3. The summed E-state index contributed by atoms with van der Waals surface area (Å²) in [5.74, 6) is -2.22. The summed E-state index contributed by atoms with van der Waals surface area (Å²) in [4.78, 5) is 0.0932. The number of H-pyrrole nitrogens is 1. The van der Waals surface area contributed by atoms with Crippen LogP contribution in [-0.4, -0.2) is 61.8 Å². The monoisotopic (exact) mass is 448 g/mol. The van der Waals surface area contributed by atoms with Gasteiger partial charge in [0.05, 0.1) is 17.1 Å². The molecule has 160 valence electrons. The molecule has 3 rings (SSSR count). The first-order chi connectivity index (χ1) is 13.5.